The number of hydrogen-bond donors (Lipinski definition) is 2. The highest BCUT2D eigenvalue weighted by Gasteiger charge is 2.47. The van der Waals surface area contributed by atoms with Crippen LogP contribution in [-0.4, -0.2) is 129 Å². The number of nitrogens with one attached hydrogen (secondary N) is 2. The molecule has 10 rings (SSSR count). The fourth-order valence-electron chi connectivity index (χ4n) is 10.5. The molecule has 420 valence electrons. The Kier molecular flexibility index (Phi) is 18.8. The highest BCUT2D eigenvalue weighted by Crippen LogP contribution is 2.43. The topological polar surface area (TPSA) is 184 Å². The van der Waals surface area contributed by atoms with Crippen LogP contribution in [0, 0.1) is 10.8 Å². The zero-order valence-corrected chi connectivity index (χ0v) is 49.5. The third-order valence-corrected chi connectivity index (χ3v) is 17.1. The van der Waals surface area contributed by atoms with E-state index in [1.165, 1.54) is 27.0 Å². The highest BCUT2D eigenvalue weighted by atomic mass is 79.9. The molecule has 6 aliphatic heterocycles. The molecule has 16 nitrogen and oxygen atoms in total. The molecule has 2 N–H and O–H groups in total. The predicted octanol–water partition coefficient (Wildman–Crippen LogP) is 11.1. The molecule has 79 heavy (non-hydrogen) atoms. The molecular formula is C60H73BrN8O8S2. The first-order valence-corrected chi connectivity index (χ1v) is 29.6. The average Bonchev–Trinajstić information content (AvgIpc) is 4.19. The third kappa shape index (κ3) is 15.7. The van der Waals surface area contributed by atoms with Crippen LogP contribution in [0.1, 0.15) is 107 Å². The molecule has 0 aromatic carbocycles. The largest absolute Gasteiger partial charge is 0.444 e. The van der Waals surface area contributed by atoms with Gasteiger partial charge in [0.1, 0.15) is 22.8 Å². The van der Waals surface area contributed by atoms with Crippen molar-refractivity contribution in [1.82, 2.24) is 29.6 Å². The van der Waals surface area contributed by atoms with Gasteiger partial charge in [0.15, 0.2) is 0 Å². The Balaban J connectivity index is 0.000000174. The first-order chi connectivity index (χ1) is 37.6. The minimum atomic E-state index is -0.577. The summed E-state index contributed by atoms with van der Waals surface area (Å²) >= 11 is 6.99. The van der Waals surface area contributed by atoms with Crippen molar-refractivity contribution in [2.24, 2.45) is 10.8 Å². The van der Waals surface area contributed by atoms with E-state index in [0.29, 0.717) is 82.9 Å². The summed E-state index contributed by atoms with van der Waals surface area (Å²) in [5, 5.41) is 10.1. The number of nitrogens with zero attached hydrogens (tertiary/aromatic N) is 6. The summed E-state index contributed by atoms with van der Waals surface area (Å²) in [5.41, 5.74) is 3.54. The van der Waals surface area contributed by atoms with Gasteiger partial charge in [-0.3, -0.25) is 19.2 Å². The van der Waals surface area contributed by atoms with Gasteiger partial charge in [0.05, 0.1) is 10.8 Å². The smallest absolute Gasteiger partial charge is 0.410 e. The third-order valence-electron chi connectivity index (χ3n) is 14.9. The number of rotatable bonds is 7. The fraction of sp³-hybridized carbons (Fsp3) is 0.467. The number of fused-ring (bicyclic) bond motifs is 2. The normalized spacial score (nSPS) is 18.6. The standard InChI is InChI=1S/C30H36N4O4S.C17H22BrN3O3.C13H15NOS/c1-29(2,3)38-28(37)34-14-10-30(11-15-34)19-23-17-22(20-31-26(23)32-27(30)36)6-7-25(35)33-12-8-21(9-13-33)18-24-5-4-16-39-24;1-16(2,3)24-15(23)21-6-4-17(5-7-21)9-11-8-12(18)10-19-13(11)20-14(17)22;1-2-13(15)14-7-5-11(6-8-14)10-12-4-3-9-16-12/h4-8,16-17,20H,9-15,18-19H2,1-3H3,(H,31,32,36);8,10H,4-7,9H2,1-3H3,(H,19,20,22);2-5,9H,1,6-8,10H2/b7-6+;;. The van der Waals surface area contributed by atoms with E-state index >= 15 is 0 Å². The van der Waals surface area contributed by atoms with Gasteiger partial charge in [-0.05, 0) is 173 Å². The SMILES string of the molecule is C=CC(=O)N1CC=C(Cc2cccs2)CC1.CC(C)(C)OC(=O)N1CCC2(CC1)Cc1cc(/C=C/C(=O)N3CC=C(Cc4cccs4)CC3)cnc1NC2=O.CC(C)(C)OC(=O)N1CCC2(CC1)Cc1cc(Br)cnc1NC2=O. The number of halogens is 1. The lowest BCUT2D eigenvalue weighted by atomic mass is 9.71. The van der Waals surface area contributed by atoms with Gasteiger partial charge in [0, 0.05) is 97.9 Å². The van der Waals surface area contributed by atoms with Gasteiger partial charge in [-0.15, -0.1) is 22.7 Å². The van der Waals surface area contributed by atoms with Crippen molar-refractivity contribution < 1.29 is 38.2 Å². The van der Waals surface area contributed by atoms with Crippen LogP contribution in [0.3, 0.4) is 0 Å². The monoisotopic (exact) mass is 1180 g/mol. The van der Waals surface area contributed by atoms with Crippen LogP contribution >= 0.6 is 38.6 Å². The van der Waals surface area contributed by atoms with E-state index in [4.69, 9.17) is 9.47 Å². The van der Waals surface area contributed by atoms with Gasteiger partial charge in [0.25, 0.3) is 0 Å². The van der Waals surface area contributed by atoms with E-state index in [1.807, 2.05) is 63.5 Å². The molecule has 6 aliphatic rings. The Morgan fingerprint density at radius 1 is 0.671 bits per heavy atom. The van der Waals surface area contributed by atoms with Gasteiger partial charge in [0.2, 0.25) is 23.6 Å². The molecule has 6 amide bonds. The van der Waals surface area contributed by atoms with E-state index in [-0.39, 0.29) is 35.8 Å². The van der Waals surface area contributed by atoms with Crippen molar-refractivity contribution in [1.29, 1.82) is 0 Å². The van der Waals surface area contributed by atoms with Gasteiger partial charge in [-0.1, -0.05) is 42.0 Å². The second kappa shape index (κ2) is 25.3. The van der Waals surface area contributed by atoms with E-state index in [9.17, 15) is 28.8 Å². The summed E-state index contributed by atoms with van der Waals surface area (Å²) in [4.78, 5) is 93.1. The lowest BCUT2D eigenvalue weighted by molar-refractivity contribution is -0.129. The molecule has 0 saturated carbocycles. The molecule has 2 saturated heterocycles. The molecular weight excluding hydrogens is 1100 g/mol. The zero-order chi connectivity index (χ0) is 56.5. The lowest BCUT2D eigenvalue weighted by Crippen LogP contribution is -2.51. The van der Waals surface area contributed by atoms with Gasteiger partial charge in [-0.2, -0.15) is 0 Å². The van der Waals surface area contributed by atoms with E-state index in [1.54, 1.807) is 57.0 Å². The van der Waals surface area contributed by atoms with Crippen LogP contribution in [0.25, 0.3) is 6.08 Å². The quantitative estimate of drug-likeness (QED) is 0.133. The summed E-state index contributed by atoms with van der Waals surface area (Å²) in [5.74, 6) is 1.20. The minimum absolute atomic E-state index is 0.00802. The first kappa shape index (κ1) is 58.7. The second-order valence-corrected chi connectivity index (χ2v) is 26.0. The maximum atomic E-state index is 13.1. The summed E-state index contributed by atoms with van der Waals surface area (Å²) < 4.78 is 11.8. The van der Waals surface area contributed by atoms with Crippen LogP contribution in [0.15, 0.2) is 106 Å². The molecule has 0 unspecified atom stereocenters. The molecule has 10 heterocycles. The molecule has 4 aromatic heterocycles. The second-order valence-electron chi connectivity index (χ2n) is 23.0. The van der Waals surface area contributed by atoms with Gasteiger partial charge >= 0.3 is 12.2 Å². The molecule has 2 spiro atoms. The van der Waals surface area contributed by atoms with E-state index < -0.39 is 22.0 Å². The Labute approximate surface area is 480 Å². The number of anilines is 2. The summed E-state index contributed by atoms with van der Waals surface area (Å²) in [7, 11) is 0. The number of carbonyl (C=O) groups excluding carboxylic acids is 6. The number of aromatic nitrogens is 2. The Morgan fingerprint density at radius 2 is 1.13 bits per heavy atom. The number of hydrogen-bond acceptors (Lipinski definition) is 12. The number of piperidine rings is 2. The Morgan fingerprint density at radius 3 is 1.54 bits per heavy atom. The van der Waals surface area contributed by atoms with Crippen LogP contribution in [0.4, 0.5) is 21.2 Å². The average molecular weight is 1180 g/mol. The highest BCUT2D eigenvalue weighted by molar-refractivity contribution is 9.10. The number of ether oxygens (including phenoxy) is 2. The van der Waals surface area contributed by atoms with Crippen LogP contribution in [-0.2, 0) is 54.3 Å². The summed E-state index contributed by atoms with van der Waals surface area (Å²) in [6.07, 6.45) is 19.3. The van der Waals surface area contributed by atoms with Crippen molar-refractivity contribution in [3.05, 3.63) is 132 Å². The molecule has 19 heteroatoms. The molecule has 2 fully saturated rings. The van der Waals surface area contributed by atoms with E-state index in [0.717, 1.165) is 66.5 Å². The van der Waals surface area contributed by atoms with Crippen molar-refractivity contribution in [2.45, 2.75) is 117 Å². The lowest BCUT2D eigenvalue weighted by Gasteiger charge is -2.43. The molecule has 0 radical (unpaired) electrons. The Hall–Kier alpha value is -6.44. The van der Waals surface area contributed by atoms with Crippen LogP contribution in [0.5, 0.6) is 0 Å². The van der Waals surface area contributed by atoms with Crippen molar-refractivity contribution in [3.8, 4) is 0 Å². The Bertz CT molecular complexity index is 2980. The summed E-state index contributed by atoms with van der Waals surface area (Å²) in [6, 6.07) is 12.5. The maximum Gasteiger partial charge on any atom is 0.410 e. The number of thiophene rings is 2. The number of pyridine rings is 2. The predicted molar refractivity (Wildman–Crippen MR) is 314 cm³/mol. The van der Waals surface area contributed by atoms with Crippen LogP contribution < -0.4 is 10.6 Å². The first-order valence-electron chi connectivity index (χ1n) is 27.1. The maximum absolute atomic E-state index is 13.1. The molecule has 0 atom stereocenters. The summed E-state index contributed by atoms with van der Waals surface area (Å²) in [6.45, 7) is 19.5. The van der Waals surface area contributed by atoms with Crippen LogP contribution in [0.2, 0.25) is 0 Å². The number of carbonyl (C=O) groups is 6. The van der Waals surface area contributed by atoms with E-state index in [2.05, 4.69) is 90.3 Å². The number of likely N-dealkylation sites (tertiary alicyclic amines) is 2. The van der Waals surface area contributed by atoms with Gasteiger partial charge < -0.3 is 39.7 Å². The van der Waals surface area contributed by atoms with Crippen molar-refractivity contribution in [3.63, 3.8) is 0 Å². The molecule has 0 aliphatic carbocycles. The molecule has 4 aromatic rings. The molecule has 0 bridgehead atoms. The van der Waals surface area contributed by atoms with Crippen molar-refractivity contribution in [2.75, 3.05) is 63.0 Å². The fourth-order valence-corrected chi connectivity index (χ4v) is 12.4. The minimum Gasteiger partial charge on any atom is -0.444 e. The van der Waals surface area contributed by atoms with Crippen molar-refractivity contribution >= 4 is 92.1 Å². The number of amides is 6. The van der Waals surface area contributed by atoms with Gasteiger partial charge in [-0.25, -0.2) is 19.6 Å². The zero-order valence-electron chi connectivity index (χ0n) is 46.2.